The van der Waals surface area contributed by atoms with Crippen molar-refractivity contribution in [3.05, 3.63) is 53.3 Å². The second-order valence-electron chi connectivity index (χ2n) is 4.96. The van der Waals surface area contributed by atoms with Gasteiger partial charge in [-0.3, -0.25) is 9.59 Å². The Kier molecular flexibility index (Phi) is 3.85. The number of carbonyl (C=O) groups is 2. The molecule has 0 aromatic heterocycles. The lowest BCUT2D eigenvalue weighted by Crippen LogP contribution is -2.20. The Bertz CT molecular complexity index is 777. The fraction of sp³-hybridized carbons (Fsp3) is 0.125. The zero-order valence-electron chi connectivity index (χ0n) is 11.8. The van der Waals surface area contributed by atoms with Crippen molar-refractivity contribution in [2.75, 3.05) is 16.4 Å². The van der Waals surface area contributed by atoms with Crippen LogP contribution >= 0.6 is 11.8 Å². The van der Waals surface area contributed by atoms with Crippen LogP contribution in [0.1, 0.15) is 15.9 Å². The molecule has 112 valence electrons. The molecule has 2 aromatic carbocycles. The maximum absolute atomic E-state index is 13.3. The lowest BCUT2D eigenvalue weighted by atomic mass is 10.1. The summed E-state index contributed by atoms with van der Waals surface area (Å²) in [6.45, 7) is 1.79. The fourth-order valence-corrected chi connectivity index (χ4v) is 2.94. The molecule has 0 unspecified atom stereocenters. The second kappa shape index (κ2) is 5.81. The molecule has 22 heavy (non-hydrogen) atoms. The third kappa shape index (κ3) is 2.96. The standard InChI is InChI=1S/C16H13FN2O2S/c1-9-2-4-11(17)7-12(9)19-16(21)10-3-5-14-13(6-10)18-15(20)8-22-14/h2-7H,8H2,1H3,(H,18,20)(H,19,21). The molecule has 1 heterocycles. The zero-order valence-corrected chi connectivity index (χ0v) is 12.6. The van der Waals surface area contributed by atoms with Crippen LogP contribution in [0.15, 0.2) is 41.3 Å². The van der Waals surface area contributed by atoms with Crippen LogP contribution in [0.2, 0.25) is 0 Å². The highest BCUT2D eigenvalue weighted by molar-refractivity contribution is 8.00. The summed E-state index contributed by atoms with van der Waals surface area (Å²) in [5.74, 6) is -0.464. The van der Waals surface area contributed by atoms with E-state index >= 15 is 0 Å². The minimum Gasteiger partial charge on any atom is -0.324 e. The van der Waals surface area contributed by atoms with E-state index in [0.717, 1.165) is 10.5 Å². The van der Waals surface area contributed by atoms with Crippen molar-refractivity contribution in [1.82, 2.24) is 0 Å². The first-order chi connectivity index (χ1) is 10.5. The third-order valence-corrected chi connectivity index (χ3v) is 4.40. The summed E-state index contributed by atoms with van der Waals surface area (Å²) >= 11 is 1.43. The van der Waals surface area contributed by atoms with Crippen LogP contribution in [-0.2, 0) is 4.79 Å². The summed E-state index contributed by atoms with van der Waals surface area (Å²) in [5, 5.41) is 5.43. The van der Waals surface area contributed by atoms with Gasteiger partial charge in [-0.2, -0.15) is 0 Å². The van der Waals surface area contributed by atoms with Crippen LogP contribution in [0, 0.1) is 12.7 Å². The Balaban J connectivity index is 1.85. The van der Waals surface area contributed by atoms with E-state index in [2.05, 4.69) is 10.6 Å². The van der Waals surface area contributed by atoms with Gasteiger partial charge in [0.15, 0.2) is 0 Å². The monoisotopic (exact) mass is 316 g/mol. The number of aryl methyl sites for hydroxylation is 1. The predicted molar refractivity (Wildman–Crippen MR) is 84.9 cm³/mol. The average molecular weight is 316 g/mol. The molecule has 6 heteroatoms. The number of halogens is 1. The van der Waals surface area contributed by atoms with Gasteiger partial charge < -0.3 is 10.6 Å². The molecule has 1 aliphatic heterocycles. The Morgan fingerprint density at radius 3 is 2.91 bits per heavy atom. The van der Waals surface area contributed by atoms with Gasteiger partial charge in [-0.05, 0) is 42.8 Å². The number of thioether (sulfide) groups is 1. The molecular formula is C16H13FN2O2S. The first kappa shape index (κ1) is 14.6. The molecular weight excluding hydrogens is 303 g/mol. The quantitative estimate of drug-likeness (QED) is 0.892. The molecule has 0 radical (unpaired) electrons. The molecule has 3 rings (SSSR count). The topological polar surface area (TPSA) is 58.2 Å². The van der Waals surface area contributed by atoms with Crippen molar-refractivity contribution in [3.8, 4) is 0 Å². The van der Waals surface area contributed by atoms with Crippen molar-refractivity contribution >= 4 is 35.0 Å². The summed E-state index contributed by atoms with van der Waals surface area (Å²) in [4.78, 5) is 24.6. The Morgan fingerprint density at radius 1 is 1.27 bits per heavy atom. The number of amides is 2. The number of hydrogen-bond donors (Lipinski definition) is 2. The number of anilines is 2. The number of rotatable bonds is 2. The van der Waals surface area contributed by atoms with Crippen molar-refractivity contribution < 1.29 is 14.0 Å². The van der Waals surface area contributed by atoms with Gasteiger partial charge in [0.25, 0.3) is 5.91 Å². The maximum Gasteiger partial charge on any atom is 0.255 e. The molecule has 0 aliphatic carbocycles. The largest absolute Gasteiger partial charge is 0.324 e. The second-order valence-corrected chi connectivity index (χ2v) is 5.98. The minimum absolute atomic E-state index is 0.0870. The highest BCUT2D eigenvalue weighted by atomic mass is 32.2. The third-order valence-electron chi connectivity index (χ3n) is 3.32. The highest BCUT2D eigenvalue weighted by Crippen LogP contribution is 2.32. The molecule has 1 aliphatic rings. The first-order valence-corrected chi connectivity index (χ1v) is 7.66. The fourth-order valence-electron chi connectivity index (χ4n) is 2.15. The highest BCUT2D eigenvalue weighted by Gasteiger charge is 2.17. The van der Waals surface area contributed by atoms with E-state index < -0.39 is 5.82 Å². The molecule has 2 N–H and O–H groups in total. The van der Waals surface area contributed by atoms with E-state index in [4.69, 9.17) is 0 Å². The van der Waals surface area contributed by atoms with Crippen molar-refractivity contribution in [2.24, 2.45) is 0 Å². The van der Waals surface area contributed by atoms with Gasteiger partial charge >= 0.3 is 0 Å². The lowest BCUT2D eigenvalue weighted by molar-refractivity contribution is -0.113. The summed E-state index contributed by atoms with van der Waals surface area (Å²) < 4.78 is 13.3. The Labute approximate surface area is 131 Å². The van der Waals surface area contributed by atoms with Crippen LogP contribution in [0.3, 0.4) is 0 Å². The van der Waals surface area contributed by atoms with Gasteiger partial charge in [0.1, 0.15) is 5.82 Å². The molecule has 0 fully saturated rings. The average Bonchev–Trinajstić information content (AvgIpc) is 2.50. The zero-order chi connectivity index (χ0) is 15.7. The van der Waals surface area contributed by atoms with Crippen LogP contribution < -0.4 is 10.6 Å². The molecule has 0 saturated heterocycles. The number of nitrogens with one attached hydrogen (secondary N) is 2. The van der Waals surface area contributed by atoms with E-state index in [1.54, 1.807) is 31.2 Å². The number of benzene rings is 2. The SMILES string of the molecule is Cc1ccc(F)cc1NC(=O)c1ccc2c(c1)NC(=O)CS2. The van der Waals surface area contributed by atoms with E-state index in [0.29, 0.717) is 22.7 Å². The van der Waals surface area contributed by atoms with Crippen molar-refractivity contribution in [3.63, 3.8) is 0 Å². The molecule has 2 aromatic rings. The van der Waals surface area contributed by atoms with Gasteiger partial charge in [-0.25, -0.2) is 4.39 Å². The van der Waals surface area contributed by atoms with Gasteiger partial charge in [-0.1, -0.05) is 6.07 Å². The smallest absolute Gasteiger partial charge is 0.255 e. The van der Waals surface area contributed by atoms with Gasteiger partial charge in [0, 0.05) is 16.1 Å². The van der Waals surface area contributed by atoms with Crippen molar-refractivity contribution in [1.29, 1.82) is 0 Å². The number of hydrogen-bond acceptors (Lipinski definition) is 3. The number of fused-ring (bicyclic) bond motifs is 1. The lowest BCUT2D eigenvalue weighted by Gasteiger charge is -2.17. The molecule has 4 nitrogen and oxygen atoms in total. The van der Waals surface area contributed by atoms with E-state index in [9.17, 15) is 14.0 Å². The first-order valence-electron chi connectivity index (χ1n) is 6.67. The Hall–Kier alpha value is -2.34. The summed E-state index contributed by atoms with van der Waals surface area (Å²) in [6.07, 6.45) is 0. The number of carbonyl (C=O) groups excluding carboxylic acids is 2. The Morgan fingerprint density at radius 2 is 2.09 bits per heavy atom. The summed E-state index contributed by atoms with van der Waals surface area (Å²) in [5.41, 5.74) is 2.24. The summed E-state index contributed by atoms with van der Waals surface area (Å²) in [7, 11) is 0. The van der Waals surface area contributed by atoms with Crippen LogP contribution in [0.25, 0.3) is 0 Å². The van der Waals surface area contributed by atoms with E-state index in [-0.39, 0.29) is 11.8 Å². The van der Waals surface area contributed by atoms with Crippen LogP contribution in [0.4, 0.5) is 15.8 Å². The molecule has 0 spiro atoms. The van der Waals surface area contributed by atoms with Gasteiger partial charge in [0.05, 0.1) is 11.4 Å². The maximum atomic E-state index is 13.3. The normalized spacial score (nSPS) is 13.3. The summed E-state index contributed by atoms with van der Waals surface area (Å²) in [6, 6.07) is 9.35. The van der Waals surface area contributed by atoms with Crippen LogP contribution in [-0.4, -0.2) is 17.6 Å². The molecule has 0 saturated carbocycles. The molecule has 0 atom stereocenters. The van der Waals surface area contributed by atoms with Gasteiger partial charge in [0.2, 0.25) is 5.91 Å². The van der Waals surface area contributed by atoms with Crippen molar-refractivity contribution in [2.45, 2.75) is 11.8 Å². The molecule has 0 bridgehead atoms. The minimum atomic E-state index is -0.407. The van der Waals surface area contributed by atoms with E-state index in [1.807, 2.05) is 0 Å². The predicted octanol–water partition coefficient (Wildman–Crippen LogP) is 3.43. The van der Waals surface area contributed by atoms with Crippen LogP contribution in [0.5, 0.6) is 0 Å². The van der Waals surface area contributed by atoms with E-state index in [1.165, 1.54) is 23.9 Å². The molecule has 2 amide bonds. The van der Waals surface area contributed by atoms with Gasteiger partial charge in [-0.15, -0.1) is 11.8 Å².